The van der Waals surface area contributed by atoms with Gasteiger partial charge in [-0.3, -0.25) is 0 Å². The average molecular weight is 217 g/mol. The molecule has 2 heteroatoms. The molecule has 0 aromatic heterocycles. The van der Waals surface area contributed by atoms with Gasteiger partial charge in [-0.05, 0) is 29.0 Å². The van der Waals surface area contributed by atoms with Gasteiger partial charge >= 0.3 is 0 Å². The van der Waals surface area contributed by atoms with Crippen molar-refractivity contribution in [2.45, 2.75) is 39.5 Å². The number of hydrogen-bond donors (Lipinski definition) is 0. The summed E-state index contributed by atoms with van der Waals surface area (Å²) in [5, 5.41) is 8.76. The normalized spacial score (nSPS) is 10.2. The van der Waals surface area contributed by atoms with Crippen LogP contribution in [-0.2, 0) is 12.8 Å². The van der Waals surface area contributed by atoms with Gasteiger partial charge in [0, 0.05) is 0 Å². The Morgan fingerprint density at radius 3 is 2.50 bits per heavy atom. The molecule has 0 saturated heterocycles. The number of nitriles is 1. The van der Waals surface area contributed by atoms with Crippen molar-refractivity contribution in [3.63, 3.8) is 0 Å². The Bertz CT molecular complexity index is 402. The first kappa shape index (κ1) is 12.6. The second-order valence-corrected chi connectivity index (χ2v) is 4.22. The molecule has 0 saturated carbocycles. The van der Waals surface area contributed by atoms with Gasteiger partial charge in [-0.25, -0.2) is 0 Å². The number of nitrogens with zero attached hydrogens (tertiary/aromatic N) is 1. The van der Waals surface area contributed by atoms with Crippen LogP contribution in [0.15, 0.2) is 12.1 Å². The lowest BCUT2D eigenvalue weighted by Crippen LogP contribution is -2.01. The number of ether oxygens (including phenoxy) is 1. The van der Waals surface area contributed by atoms with E-state index in [1.807, 2.05) is 0 Å². The van der Waals surface area contributed by atoms with Gasteiger partial charge in [0.25, 0.3) is 0 Å². The van der Waals surface area contributed by atoms with Crippen LogP contribution in [0.2, 0.25) is 0 Å². The van der Waals surface area contributed by atoms with E-state index in [0.29, 0.717) is 12.3 Å². The second-order valence-electron chi connectivity index (χ2n) is 4.22. The zero-order valence-corrected chi connectivity index (χ0v) is 10.5. The lowest BCUT2D eigenvalue weighted by atomic mass is 9.94. The summed E-state index contributed by atoms with van der Waals surface area (Å²) in [6, 6.07) is 6.36. The maximum absolute atomic E-state index is 8.76. The standard InChI is InChI=1S/C14H19NO/c1-5-12-8-11(6-7-15)9-13(10(2)3)14(12)16-4/h8-10H,5-6H2,1-4H3. The van der Waals surface area contributed by atoms with Crippen LogP contribution in [0, 0.1) is 11.3 Å². The Morgan fingerprint density at radius 1 is 1.38 bits per heavy atom. The third-order valence-corrected chi connectivity index (χ3v) is 2.74. The maximum Gasteiger partial charge on any atom is 0.125 e. The van der Waals surface area contributed by atoms with Gasteiger partial charge in [-0.1, -0.05) is 32.9 Å². The van der Waals surface area contributed by atoms with Gasteiger partial charge in [0.2, 0.25) is 0 Å². The predicted molar refractivity (Wildman–Crippen MR) is 65.8 cm³/mol. The highest BCUT2D eigenvalue weighted by Gasteiger charge is 2.13. The van der Waals surface area contributed by atoms with E-state index in [2.05, 4.69) is 39.0 Å². The van der Waals surface area contributed by atoms with Crippen LogP contribution in [0.4, 0.5) is 0 Å². The first-order valence-electron chi connectivity index (χ1n) is 5.70. The molecule has 0 amide bonds. The first-order valence-corrected chi connectivity index (χ1v) is 5.70. The van der Waals surface area contributed by atoms with Crippen LogP contribution in [0.1, 0.15) is 43.4 Å². The highest BCUT2D eigenvalue weighted by molar-refractivity contribution is 5.47. The molecule has 1 aromatic carbocycles. The number of aryl methyl sites for hydroxylation is 1. The lowest BCUT2D eigenvalue weighted by molar-refractivity contribution is 0.402. The summed E-state index contributed by atoms with van der Waals surface area (Å²) in [6.07, 6.45) is 1.40. The number of hydrogen-bond acceptors (Lipinski definition) is 2. The summed E-state index contributed by atoms with van der Waals surface area (Å²) in [5.41, 5.74) is 3.48. The molecule has 0 bridgehead atoms. The van der Waals surface area contributed by atoms with E-state index >= 15 is 0 Å². The Hall–Kier alpha value is -1.49. The largest absolute Gasteiger partial charge is 0.496 e. The Labute approximate surface area is 97.9 Å². The summed E-state index contributed by atoms with van der Waals surface area (Å²) < 4.78 is 5.48. The molecule has 0 aliphatic rings. The van der Waals surface area contributed by atoms with E-state index in [1.54, 1.807) is 7.11 Å². The molecule has 2 nitrogen and oxygen atoms in total. The molecular formula is C14H19NO. The summed E-state index contributed by atoms with van der Waals surface area (Å²) in [4.78, 5) is 0. The van der Waals surface area contributed by atoms with Crippen LogP contribution in [0.25, 0.3) is 0 Å². The van der Waals surface area contributed by atoms with Crippen molar-refractivity contribution in [2.24, 2.45) is 0 Å². The third-order valence-electron chi connectivity index (χ3n) is 2.74. The summed E-state index contributed by atoms with van der Waals surface area (Å²) >= 11 is 0. The van der Waals surface area contributed by atoms with E-state index in [0.717, 1.165) is 17.7 Å². The topological polar surface area (TPSA) is 33.0 Å². The molecule has 16 heavy (non-hydrogen) atoms. The van der Waals surface area contributed by atoms with Crippen molar-refractivity contribution < 1.29 is 4.74 Å². The quantitative estimate of drug-likeness (QED) is 0.774. The first-order chi connectivity index (χ1) is 7.63. The molecule has 0 heterocycles. The fraction of sp³-hybridized carbons (Fsp3) is 0.500. The van der Waals surface area contributed by atoms with Crippen LogP contribution in [-0.4, -0.2) is 7.11 Å². The Kier molecular flexibility index (Phi) is 4.37. The zero-order chi connectivity index (χ0) is 12.1. The van der Waals surface area contributed by atoms with Crippen LogP contribution in [0.5, 0.6) is 5.75 Å². The Balaban J connectivity index is 3.32. The van der Waals surface area contributed by atoms with Gasteiger partial charge in [0.15, 0.2) is 0 Å². The van der Waals surface area contributed by atoms with Crippen LogP contribution >= 0.6 is 0 Å². The molecule has 1 rings (SSSR count). The van der Waals surface area contributed by atoms with E-state index < -0.39 is 0 Å². The molecule has 0 atom stereocenters. The molecule has 0 N–H and O–H groups in total. The van der Waals surface area contributed by atoms with Gasteiger partial charge in [0.05, 0.1) is 19.6 Å². The van der Waals surface area contributed by atoms with E-state index in [-0.39, 0.29) is 0 Å². The van der Waals surface area contributed by atoms with E-state index in [1.165, 1.54) is 11.1 Å². The average Bonchev–Trinajstić information content (AvgIpc) is 2.28. The number of benzene rings is 1. The highest BCUT2D eigenvalue weighted by atomic mass is 16.5. The fourth-order valence-electron chi connectivity index (χ4n) is 1.92. The van der Waals surface area contributed by atoms with Crippen molar-refractivity contribution in [2.75, 3.05) is 7.11 Å². The molecule has 0 spiro atoms. The molecule has 0 fully saturated rings. The van der Waals surface area contributed by atoms with Crippen LogP contribution in [0.3, 0.4) is 0 Å². The van der Waals surface area contributed by atoms with Gasteiger partial charge < -0.3 is 4.74 Å². The number of rotatable bonds is 4. The fourth-order valence-corrected chi connectivity index (χ4v) is 1.92. The van der Waals surface area contributed by atoms with Crippen molar-refractivity contribution in [3.8, 4) is 11.8 Å². The minimum absolute atomic E-state index is 0.416. The minimum atomic E-state index is 0.416. The van der Waals surface area contributed by atoms with Crippen LogP contribution < -0.4 is 4.74 Å². The zero-order valence-electron chi connectivity index (χ0n) is 10.5. The van der Waals surface area contributed by atoms with E-state index in [9.17, 15) is 0 Å². The van der Waals surface area contributed by atoms with Crippen molar-refractivity contribution >= 4 is 0 Å². The van der Waals surface area contributed by atoms with Gasteiger partial charge in [-0.2, -0.15) is 5.26 Å². The van der Waals surface area contributed by atoms with Crippen molar-refractivity contribution in [1.82, 2.24) is 0 Å². The molecular weight excluding hydrogens is 198 g/mol. The predicted octanol–water partition coefficient (Wildman–Crippen LogP) is 3.45. The molecule has 0 aliphatic heterocycles. The number of methoxy groups -OCH3 is 1. The van der Waals surface area contributed by atoms with Gasteiger partial charge in [0.1, 0.15) is 5.75 Å². The minimum Gasteiger partial charge on any atom is -0.496 e. The SMILES string of the molecule is CCc1cc(CC#N)cc(C(C)C)c1OC. The lowest BCUT2D eigenvalue weighted by Gasteiger charge is -2.17. The van der Waals surface area contributed by atoms with Gasteiger partial charge in [-0.15, -0.1) is 0 Å². The Morgan fingerprint density at radius 2 is 2.06 bits per heavy atom. The summed E-state index contributed by atoms with van der Waals surface area (Å²) in [5.74, 6) is 1.40. The molecule has 0 unspecified atom stereocenters. The molecule has 0 aliphatic carbocycles. The third kappa shape index (κ3) is 2.55. The molecule has 0 radical (unpaired) electrons. The molecule has 86 valence electrons. The van der Waals surface area contributed by atoms with Crippen molar-refractivity contribution in [3.05, 3.63) is 28.8 Å². The monoisotopic (exact) mass is 217 g/mol. The summed E-state index contributed by atoms with van der Waals surface area (Å²) in [6.45, 7) is 6.40. The maximum atomic E-state index is 8.76. The van der Waals surface area contributed by atoms with Crippen molar-refractivity contribution in [1.29, 1.82) is 5.26 Å². The molecule has 1 aromatic rings. The van der Waals surface area contributed by atoms with E-state index in [4.69, 9.17) is 10.00 Å². The highest BCUT2D eigenvalue weighted by Crippen LogP contribution is 2.32. The smallest absolute Gasteiger partial charge is 0.125 e. The second kappa shape index (κ2) is 5.55. The summed E-state index contributed by atoms with van der Waals surface area (Å²) in [7, 11) is 1.71.